The smallest absolute Gasteiger partial charge is 0.268 e. The zero-order chi connectivity index (χ0) is 14.4. The third kappa shape index (κ3) is 3.13. The summed E-state index contributed by atoms with van der Waals surface area (Å²) in [5, 5.41) is 2.98. The number of nitrogens with one attached hydrogen (secondary N) is 1. The molecular weight excluding hydrogens is 252 g/mol. The Morgan fingerprint density at radius 3 is 3.05 bits per heavy atom. The highest BCUT2D eigenvalue weighted by molar-refractivity contribution is 5.97. The molecule has 2 heterocycles. The summed E-state index contributed by atoms with van der Waals surface area (Å²) in [6.07, 6.45) is 8.98. The molecule has 2 aromatic heterocycles. The first-order valence-electron chi connectivity index (χ1n) is 7.24. The molecule has 0 saturated carbocycles. The highest BCUT2D eigenvalue weighted by atomic mass is 16.3. The van der Waals surface area contributed by atoms with Crippen molar-refractivity contribution in [2.45, 2.75) is 39.7 Å². The van der Waals surface area contributed by atoms with E-state index < -0.39 is 0 Å². The number of carbonyl (C=O) groups excluding carboxylic acids is 1. The SMILES string of the molecule is C/C=C\Cn1c(C(=O)NCCCCC)cc2occc21. The average molecular weight is 274 g/mol. The van der Waals surface area contributed by atoms with Gasteiger partial charge in [-0.15, -0.1) is 0 Å². The van der Waals surface area contributed by atoms with Crippen LogP contribution in [0.1, 0.15) is 43.6 Å². The summed E-state index contributed by atoms with van der Waals surface area (Å²) in [5.74, 6) is -0.0305. The van der Waals surface area contributed by atoms with E-state index in [-0.39, 0.29) is 5.91 Å². The van der Waals surface area contributed by atoms with E-state index in [0.29, 0.717) is 12.2 Å². The number of amides is 1. The maximum atomic E-state index is 12.3. The fraction of sp³-hybridized carbons (Fsp3) is 0.438. The standard InChI is InChI=1S/C16H22N2O2/c1-3-5-7-9-17-16(19)14-12-15-13(8-11-20-15)18(14)10-6-4-2/h4,6,8,11-12H,3,5,7,9-10H2,1-2H3,(H,17,19)/b6-4-. The molecule has 20 heavy (non-hydrogen) atoms. The first kappa shape index (κ1) is 14.4. The van der Waals surface area contributed by atoms with E-state index in [1.54, 1.807) is 6.26 Å². The third-order valence-electron chi connectivity index (χ3n) is 3.34. The minimum atomic E-state index is -0.0305. The van der Waals surface area contributed by atoms with Gasteiger partial charge in [0.2, 0.25) is 0 Å². The van der Waals surface area contributed by atoms with Gasteiger partial charge in [-0.2, -0.15) is 0 Å². The lowest BCUT2D eigenvalue weighted by Gasteiger charge is -2.08. The van der Waals surface area contributed by atoms with Crippen molar-refractivity contribution in [2.24, 2.45) is 0 Å². The van der Waals surface area contributed by atoms with Gasteiger partial charge >= 0.3 is 0 Å². The molecule has 2 aromatic rings. The minimum Gasteiger partial charge on any atom is -0.463 e. The number of aromatic nitrogens is 1. The largest absolute Gasteiger partial charge is 0.463 e. The molecule has 0 aliphatic carbocycles. The third-order valence-corrected chi connectivity index (χ3v) is 3.34. The topological polar surface area (TPSA) is 47.2 Å². The number of carbonyl (C=O) groups is 1. The Morgan fingerprint density at radius 2 is 2.30 bits per heavy atom. The summed E-state index contributed by atoms with van der Waals surface area (Å²) < 4.78 is 7.37. The van der Waals surface area contributed by atoms with Gasteiger partial charge < -0.3 is 14.3 Å². The summed E-state index contributed by atoms with van der Waals surface area (Å²) in [4.78, 5) is 12.3. The second kappa shape index (κ2) is 6.98. The van der Waals surface area contributed by atoms with Crippen LogP contribution in [-0.4, -0.2) is 17.0 Å². The van der Waals surface area contributed by atoms with Gasteiger partial charge in [0.25, 0.3) is 5.91 Å². The molecule has 0 aliphatic heterocycles. The van der Waals surface area contributed by atoms with Crippen LogP contribution in [-0.2, 0) is 6.54 Å². The fourth-order valence-electron chi connectivity index (χ4n) is 2.24. The van der Waals surface area contributed by atoms with Crippen LogP contribution < -0.4 is 5.32 Å². The van der Waals surface area contributed by atoms with Gasteiger partial charge in [-0.25, -0.2) is 0 Å². The molecule has 4 heteroatoms. The molecule has 0 fully saturated rings. The van der Waals surface area contributed by atoms with Gasteiger partial charge in [0.1, 0.15) is 5.69 Å². The zero-order valence-corrected chi connectivity index (χ0v) is 12.2. The number of unbranched alkanes of at least 4 members (excludes halogenated alkanes) is 2. The average Bonchev–Trinajstić information content (AvgIpc) is 3.02. The Bertz CT molecular complexity index is 593. The van der Waals surface area contributed by atoms with Crippen LogP contribution in [0.4, 0.5) is 0 Å². The van der Waals surface area contributed by atoms with Crippen molar-refractivity contribution in [1.29, 1.82) is 0 Å². The first-order chi connectivity index (χ1) is 9.77. The Balaban J connectivity index is 2.14. The maximum Gasteiger partial charge on any atom is 0.268 e. The number of allylic oxidation sites excluding steroid dienone is 2. The molecule has 0 radical (unpaired) electrons. The summed E-state index contributed by atoms with van der Waals surface area (Å²) in [7, 11) is 0. The Morgan fingerprint density at radius 1 is 1.45 bits per heavy atom. The molecule has 4 nitrogen and oxygen atoms in total. The number of fused-ring (bicyclic) bond motifs is 1. The molecule has 0 aliphatic rings. The van der Waals surface area contributed by atoms with Crippen molar-refractivity contribution in [1.82, 2.24) is 9.88 Å². The van der Waals surface area contributed by atoms with Gasteiger partial charge in [-0.05, 0) is 13.3 Å². The van der Waals surface area contributed by atoms with Crippen molar-refractivity contribution < 1.29 is 9.21 Å². The van der Waals surface area contributed by atoms with Crippen LogP contribution in [0.2, 0.25) is 0 Å². The lowest BCUT2D eigenvalue weighted by molar-refractivity contribution is 0.0944. The number of hydrogen-bond donors (Lipinski definition) is 1. The molecule has 0 atom stereocenters. The normalized spacial score (nSPS) is 11.5. The number of rotatable bonds is 7. The second-order valence-corrected chi connectivity index (χ2v) is 4.84. The summed E-state index contributed by atoms with van der Waals surface area (Å²) in [5.41, 5.74) is 2.38. The molecule has 108 valence electrons. The van der Waals surface area contributed by atoms with Crippen LogP contribution in [0, 0.1) is 0 Å². The van der Waals surface area contributed by atoms with Gasteiger partial charge in [0.15, 0.2) is 5.58 Å². The second-order valence-electron chi connectivity index (χ2n) is 4.84. The van der Waals surface area contributed by atoms with Crippen molar-refractivity contribution in [2.75, 3.05) is 6.54 Å². The number of nitrogens with zero attached hydrogens (tertiary/aromatic N) is 1. The van der Waals surface area contributed by atoms with Crippen molar-refractivity contribution in [3.05, 3.63) is 36.2 Å². The van der Waals surface area contributed by atoms with E-state index in [1.165, 1.54) is 0 Å². The fourth-order valence-corrected chi connectivity index (χ4v) is 2.24. The van der Waals surface area contributed by atoms with Crippen LogP contribution in [0.5, 0.6) is 0 Å². The minimum absolute atomic E-state index is 0.0305. The lowest BCUT2D eigenvalue weighted by Crippen LogP contribution is -2.26. The van der Waals surface area contributed by atoms with E-state index in [4.69, 9.17) is 4.42 Å². The van der Waals surface area contributed by atoms with E-state index in [9.17, 15) is 4.79 Å². The van der Waals surface area contributed by atoms with Crippen molar-refractivity contribution in [3.8, 4) is 0 Å². The Hall–Kier alpha value is -1.97. The van der Waals surface area contributed by atoms with Gasteiger partial charge in [0.05, 0.1) is 11.8 Å². The summed E-state index contributed by atoms with van der Waals surface area (Å²) >= 11 is 0. The highest BCUT2D eigenvalue weighted by Gasteiger charge is 2.16. The predicted octanol–water partition coefficient (Wildman–Crippen LogP) is 3.73. The molecule has 1 amide bonds. The molecule has 2 rings (SSSR count). The molecule has 0 unspecified atom stereocenters. The molecule has 1 N–H and O–H groups in total. The highest BCUT2D eigenvalue weighted by Crippen LogP contribution is 2.21. The van der Waals surface area contributed by atoms with Crippen LogP contribution in [0.15, 0.2) is 35.0 Å². The Kier molecular flexibility index (Phi) is 5.04. The van der Waals surface area contributed by atoms with Crippen LogP contribution in [0.3, 0.4) is 0 Å². The van der Waals surface area contributed by atoms with Crippen molar-refractivity contribution in [3.63, 3.8) is 0 Å². The monoisotopic (exact) mass is 274 g/mol. The lowest BCUT2D eigenvalue weighted by atomic mass is 10.2. The summed E-state index contributed by atoms with van der Waals surface area (Å²) in [6.45, 7) is 5.53. The van der Waals surface area contributed by atoms with E-state index in [1.807, 2.05) is 35.8 Å². The van der Waals surface area contributed by atoms with E-state index >= 15 is 0 Å². The maximum absolute atomic E-state index is 12.3. The van der Waals surface area contributed by atoms with Gasteiger partial charge in [0, 0.05) is 25.2 Å². The first-order valence-corrected chi connectivity index (χ1v) is 7.24. The molecular formula is C16H22N2O2. The number of hydrogen-bond acceptors (Lipinski definition) is 2. The zero-order valence-electron chi connectivity index (χ0n) is 12.2. The van der Waals surface area contributed by atoms with Crippen LogP contribution >= 0.6 is 0 Å². The predicted molar refractivity (Wildman–Crippen MR) is 80.9 cm³/mol. The van der Waals surface area contributed by atoms with E-state index in [2.05, 4.69) is 12.2 Å². The summed E-state index contributed by atoms with van der Waals surface area (Å²) in [6, 6.07) is 3.71. The number of furan rings is 1. The quantitative estimate of drug-likeness (QED) is 0.617. The van der Waals surface area contributed by atoms with Crippen molar-refractivity contribution >= 4 is 17.0 Å². The van der Waals surface area contributed by atoms with Crippen LogP contribution in [0.25, 0.3) is 11.1 Å². The molecule has 0 bridgehead atoms. The van der Waals surface area contributed by atoms with E-state index in [0.717, 1.165) is 36.9 Å². The Labute approximate surface area is 119 Å². The van der Waals surface area contributed by atoms with Gasteiger partial charge in [-0.3, -0.25) is 4.79 Å². The van der Waals surface area contributed by atoms with Gasteiger partial charge in [-0.1, -0.05) is 31.9 Å². The molecule has 0 saturated heterocycles. The molecule has 0 spiro atoms. The molecule has 0 aromatic carbocycles.